The number of carbonyl (C=O) groups excluding carboxylic acids is 2. The lowest BCUT2D eigenvalue weighted by Gasteiger charge is -2.44. The van der Waals surface area contributed by atoms with Gasteiger partial charge in [0.1, 0.15) is 5.82 Å². The van der Waals surface area contributed by atoms with Gasteiger partial charge in [-0.2, -0.15) is 0 Å². The number of benzene rings is 2. The highest BCUT2D eigenvalue weighted by Crippen LogP contribution is 2.42. The van der Waals surface area contributed by atoms with E-state index in [1.807, 2.05) is 40.1 Å². The molecule has 0 bridgehead atoms. The zero-order valence-corrected chi connectivity index (χ0v) is 19.9. The van der Waals surface area contributed by atoms with Gasteiger partial charge in [-0.1, -0.05) is 37.1 Å². The zero-order chi connectivity index (χ0) is 23.5. The lowest BCUT2D eigenvalue weighted by atomic mass is 9.92. The molecule has 5 rings (SSSR count). The van der Waals surface area contributed by atoms with Crippen molar-refractivity contribution < 1.29 is 18.7 Å². The Morgan fingerprint density at radius 2 is 1.74 bits per heavy atom. The molecule has 7 heteroatoms. The number of halogens is 1. The van der Waals surface area contributed by atoms with E-state index in [2.05, 4.69) is 0 Å². The Kier molecular flexibility index (Phi) is 7.02. The summed E-state index contributed by atoms with van der Waals surface area (Å²) in [5, 5.41) is 0.375. The Morgan fingerprint density at radius 1 is 1.03 bits per heavy atom. The number of morpholine rings is 1. The van der Waals surface area contributed by atoms with Crippen molar-refractivity contribution >= 4 is 29.7 Å². The molecule has 0 radical (unpaired) electrons. The number of fused-ring (bicyclic) bond motifs is 1. The molecular weight excluding hydrogens is 451 g/mol. The summed E-state index contributed by atoms with van der Waals surface area (Å²) in [6.07, 6.45) is 6.35. The lowest BCUT2D eigenvalue weighted by molar-refractivity contribution is -0.130. The summed E-state index contributed by atoms with van der Waals surface area (Å²) in [7, 11) is 0. The van der Waals surface area contributed by atoms with Gasteiger partial charge in [-0.25, -0.2) is 4.39 Å². The number of amides is 2. The summed E-state index contributed by atoms with van der Waals surface area (Å²) in [5.74, 6) is -0.219. The number of hydrogen-bond donors (Lipinski definition) is 0. The highest BCUT2D eigenvalue weighted by Gasteiger charge is 2.40. The Morgan fingerprint density at radius 3 is 2.47 bits per heavy atom. The van der Waals surface area contributed by atoms with E-state index in [0.717, 1.165) is 35.3 Å². The van der Waals surface area contributed by atoms with Crippen molar-refractivity contribution in [1.29, 1.82) is 0 Å². The Hall–Kier alpha value is -2.64. The van der Waals surface area contributed by atoms with Crippen LogP contribution in [0.5, 0.6) is 0 Å². The SMILES string of the molecule is O=C(c1ccc(/C=C2\SC3CCCCC3N(Cc3ccc(F)cc3)C2=O)cc1)N1CCOCC1. The van der Waals surface area contributed by atoms with E-state index < -0.39 is 0 Å². The third kappa shape index (κ3) is 5.05. The van der Waals surface area contributed by atoms with Crippen LogP contribution in [0.15, 0.2) is 53.4 Å². The van der Waals surface area contributed by atoms with Gasteiger partial charge >= 0.3 is 0 Å². The van der Waals surface area contributed by atoms with E-state index in [1.54, 1.807) is 23.9 Å². The molecule has 2 saturated heterocycles. The molecule has 2 unspecified atom stereocenters. The van der Waals surface area contributed by atoms with Gasteiger partial charge in [0, 0.05) is 36.5 Å². The van der Waals surface area contributed by atoms with Crippen molar-refractivity contribution in [3.63, 3.8) is 0 Å². The molecule has 3 aliphatic rings. The maximum Gasteiger partial charge on any atom is 0.260 e. The van der Waals surface area contributed by atoms with Crippen molar-refractivity contribution in [1.82, 2.24) is 9.80 Å². The fraction of sp³-hybridized carbons (Fsp3) is 0.407. The van der Waals surface area contributed by atoms with Crippen molar-refractivity contribution in [2.24, 2.45) is 0 Å². The Labute approximate surface area is 204 Å². The first-order valence-electron chi connectivity index (χ1n) is 12.0. The third-order valence-electron chi connectivity index (χ3n) is 6.84. The highest BCUT2D eigenvalue weighted by atomic mass is 32.2. The maximum absolute atomic E-state index is 13.5. The molecule has 0 N–H and O–H groups in total. The van der Waals surface area contributed by atoms with Crippen LogP contribution in [0, 0.1) is 5.82 Å². The van der Waals surface area contributed by atoms with Crippen molar-refractivity contribution in [2.45, 2.75) is 43.5 Å². The molecule has 2 heterocycles. The predicted molar refractivity (Wildman–Crippen MR) is 132 cm³/mol. The summed E-state index contributed by atoms with van der Waals surface area (Å²) >= 11 is 1.69. The van der Waals surface area contributed by atoms with Crippen molar-refractivity contribution in [3.05, 3.63) is 75.9 Å². The van der Waals surface area contributed by atoms with Crippen LogP contribution in [0.3, 0.4) is 0 Å². The summed E-state index contributed by atoms with van der Waals surface area (Å²) in [6.45, 7) is 2.87. The number of ether oxygens (including phenoxy) is 1. The molecule has 34 heavy (non-hydrogen) atoms. The summed E-state index contributed by atoms with van der Waals surface area (Å²) < 4.78 is 18.7. The largest absolute Gasteiger partial charge is 0.378 e. The zero-order valence-electron chi connectivity index (χ0n) is 19.1. The van der Waals surface area contributed by atoms with Gasteiger partial charge in [-0.15, -0.1) is 11.8 Å². The second-order valence-corrected chi connectivity index (χ2v) is 10.4. The van der Waals surface area contributed by atoms with Gasteiger partial charge in [0.2, 0.25) is 0 Å². The van der Waals surface area contributed by atoms with E-state index in [1.165, 1.54) is 18.6 Å². The molecule has 178 valence electrons. The van der Waals surface area contributed by atoms with Gasteiger partial charge in [0.05, 0.1) is 18.1 Å². The number of nitrogens with zero attached hydrogens (tertiary/aromatic N) is 2. The van der Waals surface area contributed by atoms with Gasteiger partial charge in [0.15, 0.2) is 0 Å². The molecule has 5 nitrogen and oxygen atoms in total. The number of thioether (sulfide) groups is 1. The molecule has 0 spiro atoms. The van der Waals surface area contributed by atoms with Crippen LogP contribution in [0.25, 0.3) is 6.08 Å². The number of hydrogen-bond acceptors (Lipinski definition) is 4. The molecule has 2 aromatic carbocycles. The smallest absolute Gasteiger partial charge is 0.260 e. The second-order valence-electron chi connectivity index (χ2n) is 9.10. The minimum atomic E-state index is -0.268. The van der Waals surface area contributed by atoms with Crippen LogP contribution in [0.1, 0.15) is 47.2 Å². The average Bonchev–Trinajstić information content (AvgIpc) is 2.88. The standard InChI is InChI=1S/C27H29FN2O3S/c28-22-11-7-20(8-12-22)18-30-23-3-1-2-4-24(23)34-25(27(30)32)17-19-5-9-21(10-6-19)26(31)29-13-15-33-16-14-29/h5-12,17,23-24H,1-4,13-16,18H2/b25-17-. The molecule has 1 saturated carbocycles. The lowest BCUT2D eigenvalue weighted by Crippen LogP contribution is -2.50. The van der Waals surface area contributed by atoms with E-state index >= 15 is 0 Å². The maximum atomic E-state index is 13.5. The second kappa shape index (κ2) is 10.3. The van der Waals surface area contributed by atoms with Gasteiger partial charge in [-0.3, -0.25) is 9.59 Å². The molecular formula is C27H29FN2O3S. The van der Waals surface area contributed by atoms with E-state index in [0.29, 0.717) is 43.7 Å². The van der Waals surface area contributed by atoms with Crippen LogP contribution in [-0.4, -0.2) is 59.2 Å². The minimum absolute atomic E-state index is 0.0149. The van der Waals surface area contributed by atoms with Crippen molar-refractivity contribution in [2.75, 3.05) is 26.3 Å². The average molecular weight is 481 g/mol. The van der Waals surface area contributed by atoms with E-state index in [4.69, 9.17) is 4.74 Å². The molecule has 1 aliphatic carbocycles. The first kappa shape index (κ1) is 23.1. The first-order chi connectivity index (χ1) is 16.6. The Bertz CT molecular complexity index is 1060. The first-order valence-corrected chi connectivity index (χ1v) is 12.9. The molecule has 2 aromatic rings. The van der Waals surface area contributed by atoms with Crippen LogP contribution in [0.2, 0.25) is 0 Å². The topological polar surface area (TPSA) is 49.9 Å². The van der Waals surface area contributed by atoms with Gasteiger partial charge in [0.25, 0.3) is 11.8 Å². The number of rotatable bonds is 4. The molecule has 2 aliphatic heterocycles. The molecule has 2 amide bonds. The normalized spacial score (nSPS) is 24.3. The van der Waals surface area contributed by atoms with E-state index in [-0.39, 0.29) is 23.7 Å². The fourth-order valence-corrected chi connectivity index (χ4v) is 6.44. The molecule has 0 aromatic heterocycles. The van der Waals surface area contributed by atoms with Crippen LogP contribution in [-0.2, 0) is 16.1 Å². The van der Waals surface area contributed by atoms with Crippen LogP contribution < -0.4 is 0 Å². The van der Waals surface area contributed by atoms with Gasteiger partial charge < -0.3 is 14.5 Å². The quantitative estimate of drug-likeness (QED) is 0.594. The van der Waals surface area contributed by atoms with Crippen molar-refractivity contribution in [3.8, 4) is 0 Å². The fourth-order valence-electron chi connectivity index (χ4n) is 4.97. The summed E-state index contributed by atoms with van der Waals surface area (Å²) in [6, 6.07) is 14.1. The minimum Gasteiger partial charge on any atom is -0.378 e. The Balaban J connectivity index is 1.35. The molecule has 2 atom stereocenters. The van der Waals surface area contributed by atoms with Crippen LogP contribution in [0.4, 0.5) is 4.39 Å². The highest BCUT2D eigenvalue weighted by molar-refractivity contribution is 8.04. The van der Waals surface area contributed by atoms with E-state index in [9.17, 15) is 14.0 Å². The third-order valence-corrected chi connectivity index (χ3v) is 8.24. The van der Waals surface area contributed by atoms with Crippen LogP contribution >= 0.6 is 11.8 Å². The summed E-state index contributed by atoms with van der Waals surface area (Å²) in [4.78, 5) is 30.8. The van der Waals surface area contributed by atoms with Gasteiger partial charge in [-0.05, 0) is 54.3 Å². The summed E-state index contributed by atoms with van der Waals surface area (Å²) in [5.41, 5.74) is 2.50. The monoisotopic (exact) mass is 480 g/mol. The molecule has 3 fully saturated rings. The predicted octanol–water partition coefficient (Wildman–Crippen LogP) is 4.73. The number of carbonyl (C=O) groups is 2.